The second kappa shape index (κ2) is 12.1. The summed E-state index contributed by atoms with van der Waals surface area (Å²) < 4.78 is 36.5. The van der Waals surface area contributed by atoms with E-state index in [1.807, 2.05) is 55.3 Å². The first-order valence-electron chi connectivity index (χ1n) is 14.7. The highest BCUT2D eigenvalue weighted by atomic mass is 19.1. The molecule has 4 heterocycles. The van der Waals surface area contributed by atoms with Gasteiger partial charge in [0, 0.05) is 37.4 Å². The van der Waals surface area contributed by atoms with E-state index in [-0.39, 0.29) is 49.3 Å². The van der Waals surface area contributed by atoms with Crippen LogP contribution in [0.2, 0.25) is 0 Å². The Bertz CT molecular complexity index is 1800. The molecule has 0 N–H and O–H groups in total. The highest BCUT2D eigenvalue weighted by Gasteiger charge is 2.34. The summed E-state index contributed by atoms with van der Waals surface area (Å²) in [6.45, 7) is 7.01. The number of likely N-dealkylation sites (N-methyl/N-ethyl adjacent to an activating group) is 1. The third kappa shape index (κ3) is 5.42. The van der Waals surface area contributed by atoms with Gasteiger partial charge in [-0.15, -0.1) is 0 Å². The minimum absolute atomic E-state index is 0.0207. The fourth-order valence-electron chi connectivity index (χ4n) is 6.35. The summed E-state index contributed by atoms with van der Waals surface area (Å²) in [4.78, 5) is 31.7. The Morgan fingerprint density at radius 1 is 1.16 bits per heavy atom. The molecule has 2 aromatic heterocycles. The summed E-state index contributed by atoms with van der Waals surface area (Å²) in [7, 11) is 2.04. The zero-order valence-electron chi connectivity index (χ0n) is 24.8. The molecule has 2 fully saturated rings. The molecular weight excluding hydrogens is 564 g/mol. The number of halogens is 2. The lowest BCUT2D eigenvalue weighted by atomic mass is 9.97. The normalized spacial score (nSPS) is 19.0. The van der Waals surface area contributed by atoms with Crippen molar-refractivity contribution < 1.29 is 18.3 Å². The number of amides is 1. The predicted octanol–water partition coefficient (Wildman–Crippen LogP) is 5.18. The van der Waals surface area contributed by atoms with Crippen molar-refractivity contribution in [2.24, 2.45) is 0 Å². The molecule has 2 aliphatic heterocycles. The van der Waals surface area contributed by atoms with Gasteiger partial charge in [0.05, 0.1) is 23.9 Å². The first-order valence-corrected chi connectivity index (χ1v) is 14.7. The van der Waals surface area contributed by atoms with Crippen LogP contribution in [0.5, 0.6) is 6.01 Å². The molecular formula is C33H33F2N7O2. The molecule has 6 rings (SSSR count). The Morgan fingerprint density at radius 2 is 1.95 bits per heavy atom. The van der Waals surface area contributed by atoms with Crippen LogP contribution in [0, 0.1) is 24.1 Å². The van der Waals surface area contributed by atoms with Crippen LogP contribution in [0.1, 0.15) is 24.8 Å². The maximum atomic E-state index is 16.6. The maximum Gasteiger partial charge on any atom is 0.319 e. The summed E-state index contributed by atoms with van der Waals surface area (Å²) >= 11 is 0. The number of ether oxygens (including phenoxy) is 1. The average molecular weight is 598 g/mol. The van der Waals surface area contributed by atoms with E-state index in [0.717, 1.165) is 35.7 Å². The van der Waals surface area contributed by atoms with E-state index in [9.17, 15) is 14.4 Å². The fraction of sp³-hybridized carbons (Fsp3) is 0.364. The average Bonchev–Trinajstić information content (AvgIpc) is 3.44. The van der Waals surface area contributed by atoms with Crippen molar-refractivity contribution in [2.75, 3.05) is 44.7 Å². The number of hydrogen-bond donors (Lipinski definition) is 0. The number of fused-ring (bicyclic) bond motifs is 2. The maximum absolute atomic E-state index is 16.6. The monoisotopic (exact) mass is 597 g/mol. The minimum Gasteiger partial charge on any atom is -0.462 e. The smallest absolute Gasteiger partial charge is 0.319 e. The van der Waals surface area contributed by atoms with Crippen molar-refractivity contribution in [2.45, 2.75) is 38.3 Å². The van der Waals surface area contributed by atoms with Crippen molar-refractivity contribution in [3.8, 4) is 23.3 Å². The van der Waals surface area contributed by atoms with Gasteiger partial charge in [-0.2, -0.15) is 15.2 Å². The Kier molecular flexibility index (Phi) is 8.10. The number of aromatic nitrogens is 3. The number of anilines is 1. The summed E-state index contributed by atoms with van der Waals surface area (Å²) in [5.41, 5.74) is 1.89. The summed E-state index contributed by atoms with van der Waals surface area (Å²) in [6, 6.07) is 13.3. The molecule has 2 aliphatic rings. The van der Waals surface area contributed by atoms with E-state index >= 15 is 4.39 Å². The number of piperazine rings is 1. The van der Waals surface area contributed by atoms with Gasteiger partial charge < -0.3 is 19.4 Å². The van der Waals surface area contributed by atoms with Crippen LogP contribution in [0.4, 0.5) is 14.6 Å². The summed E-state index contributed by atoms with van der Waals surface area (Å²) in [5.74, 6) is -2.14. The number of likely N-dealkylation sites (tertiary alicyclic amines) is 1. The van der Waals surface area contributed by atoms with Crippen LogP contribution in [-0.2, 0) is 4.79 Å². The van der Waals surface area contributed by atoms with E-state index in [0.29, 0.717) is 23.4 Å². The topological polar surface area (TPSA) is 98.5 Å². The third-order valence-corrected chi connectivity index (χ3v) is 8.69. The number of benzene rings is 2. The van der Waals surface area contributed by atoms with Crippen molar-refractivity contribution in [1.82, 2.24) is 24.8 Å². The molecule has 44 heavy (non-hydrogen) atoms. The number of aryl methyl sites for hydroxylation is 1. The van der Waals surface area contributed by atoms with E-state index < -0.39 is 23.6 Å². The second-order valence-corrected chi connectivity index (χ2v) is 11.4. The van der Waals surface area contributed by atoms with Crippen LogP contribution >= 0.6 is 0 Å². The highest BCUT2D eigenvalue weighted by molar-refractivity contribution is 6.00. The molecule has 4 aromatic rings. The number of carbonyl (C=O) groups excluding carboxylic acids is 1. The van der Waals surface area contributed by atoms with Gasteiger partial charge in [-0.3, -0.25) is 9.78 Å². The number of carbonyl (C=O) groups is 1. The van der Waals surface area contributed by atoms with Crippen LogP contribution in [0.15, 0.2) is 55.0 Å². The van der Waals surface area contributed by atoms with Gasteiger partial charge >= 0.3 is 6.01 Å². The predicted molar refractivity (Wildman–Crippen MR) is 164 cm³/mol. The quantitative estimate of drug-likeness (QED) is 0.269. The molecule has 9 nitrogen and oxygen atoms in total. The SMILES string of the molecule is C=C(F)C(=O)N1CCN(c2nc(OC[C@@H]3CCCN3C)nc3c(F)c(-c4cccc5cccc(C)c45)ncc23)C[C@@H]1CC#N. The highest BCUT2D eigenvalue weighted by Crippen LogP contribution is 2.36. The Balaban J connectivity index is 1.45. The van der Waals surface area contributed by atoms with Crippen LogP contribution < -0.4 is 9.64 Å². The minimum atomic E-state index is -1.08. The van der Waals surface area contributed by atoms with Crippen molar-refractivity contribution in [3.63, 3.8) is 0 Å². The zero-order chi connectivity index (χ0) is 31.0. The number of nitriles is 1. The van der Waals surface area contributed by atoms with Crippen LogP contribution in [-0.4, -0.2) is 82.6 Å². The van der Waals surface area contributed by atoms with Gasteiger partial charge in [0.2, 0.25) is 0 Å². The molecule has 2 saturated heterocycles. The van der Waals surface area contributed by atoms with Gasteiger partial charge in [-0.25, -0.2) is 8.78 Å². The molecule has 0 radical (unpaired) electrons. The number of hydrogen-bond acceptors (Lipinski definition) is 8. The third-order valence-electron chi connectivity index (χ3n) is 8.69. The van der Waals surface area contributed by atoms with E-state index in [1.165, 1.54) is 4.90 Å². The fourth-order valence-corrected chi connectivity index (χ4v) is 6.35. The Morgan fingerprint density at radius 3 is 2.68 bits per heavy atom. The van der Waals surface area contributed by atoms with Gasteiger partial charge in [0.25, 0.3) is 5.91 Å². The molecule has 0 unspecified atom stereocenters. The van der Waals surface area contributed by atoms with Gasteiger partial charge in [0.15, 0.2) is 11.6 Å². The van der Waals surface area contributed by atoms with Crippen molar-refractivity contribution >= 4 is 33.4 Å². The van der Waals surface area contributed by atoms with E-state index in [1.54, 1.807) is 6.20 Å². The zero-order valence-corrected chi connectivity index (χ0v) is 24.8. The number of rotatable bonds is 7. The Labute approximate surface area is 254 Å². The molecule has 2 atom stereocenters. The molecule has 0 spiro atoms. The van der Waals surface area contributed by atoms with Gasteiger partial charge in [0.1, 0.15) is 23.6 Å². The summed E-state index contributed by atoms with van der Waals surface area (Å²) in [5, 5.41) is 11.7. The standard InChI is InChI=1S/C33H33F2N7O2/c1-20-7-4-8-22-9-5-11-25(27(20)22)29-28(35)30-26(17-37-29)31(39-33(38-30)44-19-24-10-6-14-40(24)3)41-15-16-42(32(43)21(2)34)23(18-41)12-13-36/h4-5,7-9,11,17,23-24H,2,6,10,12,14-16,18-19H2,1,3H3/t23-,24-/m0/s1. The lowest BCUT2D eigenvalue weighted by Crippen LogP contribution is -2.55. The van der Waals surface area contributed by atoms with Gasteiger partial charge in [-0.05, 0) is 49.7 Å². The molecule has 1 amide bonds. The van der Waals surface area contributed by atoms with Crippen molar-refractivity contribution in [3.05, 3.63) is 66.4 Å². The molecule has 0 aliphatic carbocycles. The molecule has 0 saturated carbocycles. The lowest BCUT2D eigenvalue weighted by Gasteiger charge is -2.41. The molecule has 226 valence electrons. The first-order chi connectivity index (χ1) is 21.3. The molecule has 11 heteroatoms. The largest absolute Gasteiger partial charge is 0.462 e. The summed E-state index contributed by atoms with van der Waals surface area (Å²) in [6.07, 6.45) is 3.59. The van der Waals surface area contributed by atoms with Crippen LogP contribution in [0.3, 0.4) is 0 Å². The van der Waals surface area contributed by atoms with E-state index in [2.05, 4.69) is 27.5 Å². The number of nitrogens with zero attached hydrogens (tertiary/aromatic N) is 7. The van der Waals surface area contributed by atoms with Gasteiger partial charge in [-0.1, -0.05) is 43.0 Å². The van der Waals surface area contributed by atoms with Crippen molar-refractivity contribution in [1.29, 1.82) is 5.26 Å². The number of pyridine rings is 1. The molecule has 0 bridgehead atoms. The Hall–Kier alpha value is -4.69. The van der Waals surface area contributed by atoms with E-state index in [4.69, 9.17) is 9.72 Å². The molecule has 2 aromatic carbocycles. The first kappa shape index (κ1) is 29.4. The van der Waals surface area contributed by atoms with Crippen LogP contribution in [0.25, 0.3) is 32.9 Å². The second-order valence-electron chi connectivity index (χ2n) is 11.4. The lowest BCUT2D eigenvalue weighted by molar-refractivity contribution is -0.131.